The van der Waals surface area contributed by atoms with E-state index < -0.39 is 0 Å². The van der Waals surface area contributed by atoms with E-state index in [1.807, 2.05) is 182 Å². The molecule has 21 rings (SSSR count). The van der Waals surface area contributed by atoms with E-state index in [4.69, 9.17) is 17.7 Å². The second kappa shape index (κ2) is 35.5. The van der Waals surface area contributed by atoms with Crippen LogP contribution in [0.25, 0.3) is 111 Å². The van der Waals surface area contributed by atoms with E-state index in [0.717, 1.165) is 180 Å². The summed E-state index contributed by atoms with van der Waals surface area (Å²) in [4.78, 5) is 106. The summed E-state index contributed by atoms with van der Waals surface area (Å²) in [5.41, 5.74) is 13.4. The number of nitrogens with zero attached hydrogens (tertiary/aromatic N) is 20. The summed E-state index contributed by atoms with van der Waals surface area (Å²) in [6.07, 6.45) is 22.5. The molecule has 1 aliphatic carbocycles. The first-order chi connectivity index (χ1) is 61.3. The Morgan fingerprint density at radius 3 is 1.02 bits per heavy atom. The van der Waals surface area contributed by atoms with E-state index in [1.54, 1.807) is 12.4 Å². The Bertz CT molecular complexity index is 7070. The van der Waals surface area contributed by atoms with Crippen LogP contribution in [0, 0.1) is 41.5 Å². The lowest BCUT2D eigenvalue weighted by molar-refractivity contribution is 0.0374. The highest BCUT2D eigenvalue weighted by molar-refractivity contribution is 5.91. The second-order valence-corrected chi connectivity index (χ2v) is 34.8. The van der Waals surface area contributed by atoms with Gasteiger partial charge in [-0.25, -0.2) is 39.1 Å². The zero-order valence-electron chi connectivity index (χ0n) is 74.0. The van der Waals surface area contributed by atoms with Gasteiger partial charge in [0.25, 0.3) is 0 Å². The van der Waals surface area contributed by atoms with Gasteiger partial charge in [0.05, 0.1) is 81.3 Å². The van der Waals surface area contributed by atoms with Gasteiger partial charge < -0.3 is 65.1 Å². The molecule has 656 valence electrons. The lowest BCUT2D eigenvalue weighted by Crippen LogP contribution is -2.61. The van der Waals surface area contributed by atoms with Crippen LogP contribution in [0.5, 0.6) is 0 Å². The van der Waals surface area contributed by atoms with Crippen LogP contribution < -0.4 is 42.1 Å². The van der Waals surface area contributed by atoms with E-state index in [-0.39, 0.29) is 35.7 Å². The number of benzene rings is 4. The Labute approximate surface area is 733 Å². The minimum absolute atomic E-state index is 0.172. The molecule has 16 aromatic rings. The van der Waals surface area contributed by atoms with Gasteiger partial charge in [-0.05, 0) is 190 Å². The first kappa shape index (κ1) is 85.0. The number of likely N-dealkylation sites (N-methyl/N-ethyl adjacent to an activating group) is 1. The van der Waals surface area contributed by atoms with Crippen LogP contribution in [-0.4, -0.2) is 228 Å². The van der Waals surface area contributed by atoms with Crippen LogP contribution in [0.2, 0.25) is 0 Å². The highest BCUT2D eigenvalue weighted by Crippen LogP contribution is 2.36. The number of aliphatic hydroxyl groups excluding tert-OH is 2. The van der Waals surface area contributed by atoms with E-state index in [9.17, 15) is 29.4 Å². The molecule has 4 aliphatic heterocycles. The maximum atomic E-state index is 13.0. The molecule has 1 saturated carbocycles. The van der Waals surface area contributed by atoms with Crippen LogP contribution in [0.1, 0.15) is 95.0 Å². The fourth-order valence-electron chi connectivity index (χ4n) is 19.1. The Kier molecular flexibility index (Phi) is 23.8. The second-order valence-electron chi connectivity index (χ2n) is 34.8. The fraction of sp³-hybridized carbons (Fsp3) is 0.381. The number of imidazole rings is 4. The molecular weight excluding hydrogens is 1610 g/mol. The summed E-state index contributed by atoms with van der Waals surface area (Å²) in [6, 6.07) is 34.5. The first-order valence-electron chi connectivity index (χ1n) is 44.2. The number of hydrogen-bond acceptors (Lipinski definition) is 26. The number of piperazine rings is 4. The number of anilines is 4. The number of aryl methyl sites for hydroxylation is 6. The van der Waals surface area contributed by atoms with Crippen molar-refractivity contribution >= 4 is 88.4 Å². The van der Waals surface area contributed by atoms with Gasteiger partial charge in [0.15, 0.2) is 45.6 Å². The summed E-state index contributed by atoms with van der Waals surface area (Å²) in [7, 11) is 0. The van der Waals surface area contributed by atoms with Crippen molar-refractivity contribution in [2.45, 2.75) is 139 Å². The average molecular weight is 1710 g/mol. The summed E-state index contributed by atoms with van der Waals surface area (Å²) in [6.45, 7) is 37.9. The van der Waals surface area contributed by atoms with Gasteiger partial charge in [-0.15, -0.1) is 0 Å². The highest BCUT2D eigenvalue weighted by atomic mass is 16.4. The normalized spacial score (nSPS) is 18.8. The molecule has 12 aromatic heterocycles. The minimum Gasteiger partial charge on any atom is -0.421 e. The molecule has 16 heterocycles. The molecular formula is C97H108N20O10. The minimum atomic E-state index is -0.368. The molecule has 2 N–H and O–H groups in total. The van der Waals surface area contributed by atoms with E-state index in [2.05, 4.69) is 145 Å². The van der Waals surface area contributed by atoms with Gasteiger partial charge in [0.1, 0.15) is 22.8 Å². The summed E-state index contributed by atoms with van der Waals surface area (Å²) in [5, 5.41) is 24.2. The van der Waals surface area contributed by atoms with Crippen LogP contribution in [-0.2, 0) is 0 Å². The van der Waals surface area contributed by atoms with Crippen LogP contribution in [0.4, 0.5) is 22.7 Å². The zero-order valence-corrected chi connectivity index (χ0v) is 74.0. The summed E-state index contributed by atoms with van der Waals surface area (Å²) < 4.78 is 30.4. The van der Waals surface area contributed by atoms with Crippen LogP contribution >= 0.6 is 0 Å². The Morgan fingerprint density at radius 2 is 0.685 bits per heavy atom. The van der Waals surface area contributed by atoms with Crippen molar-refractivity contribution in [3.8, 4) is 45.8 Å². The van der Waals surface area contributed by atoms with Crippen molar-refractivity contribution in [1.29, 1.82) is 0 Å². The van der Waals surface area contributed by atoms with Gasteiger partial charge in [0, 0.05) is 194 Å². The maximum Gasteiger partial charge on any atom is 0.344 e. The SMILES string of the molecule is CCN1CCN(c2ccc3cc(-c4cn5cc(C)nc(C)c5n4)oc(=O)c3c2)C[C@@H]1C.Cc1cn2cc(-c3cc4ccc(N5CCN(CCO)[C@@H](C)C5)cc4c(=O)o3)nc2c(C)n1.Cc1cn2cc(-c3cc4ccc(N5CCN(CCO)[C@H](C)C5)cc4c(=O)o3)nc2cn1.Cc1cn2cc(-c3cc4ccc(N5C[C@@H](C)N(C6CCC6)[C@@H](C)C5)cc4c(=O)o3)nc2cn1. The van der Waals surface area contributed by atoms with E-state index in [1.165, 1.54) is 19.3 Å². The van der Waals surface area contributed by atoms with Gasteiger partial charge in [-0.2, -0.15) is 0 Å². The number of aromatic nitrogens is 12. The molecule has 5 fully saturated rings. The molecule has 0 spiro atoms. The number of fused-ring (bicyclic) bond motifs is 8. The predicted molar refractivity (Wildman–Crippen MR) is 496 cm³/mol. The van der Waals surface area contributed by atoms with Gasteiger partial charge in [-0.1, -0.05) is 37.6 Å². The number of rotatable bonds is 14. The topological polar surface area (TPSA) is 308 Å². The van der Waals surface area contributed by atoms with Gasteiger partial charge in [-0.3, -0.25) is 39.5 Å². The van der Waals surface area contributed by atoms with E-state index >= 15 is 0 Å². The molecule has 4 saturated heterocycles. The summed E-state index contributed by atoms with van der Waals surface area (Å²) in [5.74, 6) is 1.83. The van der Waals surface area contributed by atoms with Gasteiger partial charge in [0.2, 0.25) is 0 Å². The largest absolute Gasteiger partial charge is 0.421 e. The third-order valence-electron chi connectivity index (χ3n) is 25.8. The number of β-amino-alcohol motifs (C(OH)–C–C–N with tert-alkyl or cyclic N) is 2. The Balaban J connectivity index is 0.000000115. The molecule has 30 nitrogen and oxygen atoms in total. The monoisotopic (exact) mass is 1710 g/mol. The molecule has 5 atom stereocenters. The molecule has 0 amide bonds. The third kappa shape index (κ3) is 17.6. The zero-order chi connectivity index (χ0) is 88.3. The molecule has 30 heteroatoms. The Hall–Kier alpha value is -12.8. The van der Waals surface area contributed by atoms with Crippen molar-refractivity contribution in [3.63, 3.8) is 0 Å². The Morgan fingerprint density at radius 1 is 0.362 bits per heavy atom. The average Bonchev–Trinajstić information content (AvgIpc) is 1.62. The fourth-order valence-corrected chi connectivity index (χ4v) is 19.1. The van der Waals surface area contributed by atoms with Crippen molar-refractivity contribution in [2.24, 2.45) is 0 Å². The standard InChI is InChI=1S/C26H29N5O2.C24H27N5O3.C24H27N5O2.C23H25N5O3/c1-16-12-30-15-23(28-25(30)11-27-16)24-9-19-7-8-21(10-22(19)26(32)33-24)29-13-17(2)31(18(3)14-29)20-5-4-6-20;1-15-12-29-14-21(26-23(29)17(3)25-15)22-10-18-4-5-19(11-20(18)24(31)32-22)28-7-6-27(8-9-30)16(2)13-28;1-5-27-8-9-28(13-16(27)3)19-7-6-18-10-22(31-24(30)20(18)11-19)21-14-29-12-15(2)25-17(4)23(29)26-21;1-15-12-28-14-20(25-22(28)11-24-15)21-9-17-3-4-18(10-19(17)23(30)31-21)27-6-5-26(7-8-29)16(2)13-27/h7-12,15,17-18,20H,4-6,13-14H2,1-3H3;4-5,10-12,14,16,30H,6-9,13H2,1-3H3;6-7,10-12,14,16H,5,8-9,13H2,1-4H3;3-4,9-12,14,16,29H,5-8,13H2,1-2H3/t17-,18+;3*16-/m.001/s1. The van der Waals surface area contributed by atoms with Crippen LogP contribution in [0.15, 0.2) is 196 Å². The van der Waals surface area contributed by atoms with Gasteiger partial charge >= 0.3 is 22.5 Å². The molecule has 0 radical (unpaired) electrons. The number of hydrogen-bond donors (Lipinski definition) is 2. The predicted octanol–water partition coefficient (Wildman–Crippen LogP) is 12.8. The molecule has 0 bridgehead atoms. The molecule has 4 aromatic carbocycles. The molecule has 127 heavy (non-hydrogen) atoms. The lowest BCUT2D eigenvalue weighted by Gasteiger charge is -2.51. The third-order valence-corrected chi connectivity index (χ3v) is 25.8. The van der Waals surface area contributed by atoms with E-state index in [0.29, 0.717) is 116 Å². The highest BCUT2D eigenvalue weighted by Gasteiger charge is 2.38. The number of aliphatic hydroxyl groups is 2. The van der Waals surface area contributed by atoms with Crippen molar-refractivity contribution in [1.82, 2.24) is 77.1 Å². The quantitative estimate of drug-likeness (QED) is 0.102. The summed E-state index contributed by atoms with van der Waals surface area (Å²) >= 11 is 0. The first-order valence-corrected chi connectivity index (χ1v) is 44.2. The molecule has 0 unspecified atom stereocenters. The van der Waals surface area contributed by atoms with Crippen molar-refractivity contribution in [2.75, 3.05) is 124 Å². The van der Waals surface area contributed by atoms with Crippen molar-refractivity contribution in [3.05, 3.63) is 235 Å². The van der Waals surface area contributed by atoms with Crippen LogP contribution in [0.3, 0.4) is 0 Å². The van der Waals surface area contributed by atoms with Crippen molar-refractivity contribution < 1.29 is 27.9 Å². The maximum absolute atomic E-state index is 13.0. The smallest absolute Gasteiger partial charge is 0.344 e. The lowest BCUT2D eigenvalue weighted by atomic mass is 9.88. The molecule has 5 aliphatic rings.